The highest BCUT2D eigenvalue weighted by Crippen LogP contribution is 2.33. The van der Waals surface area contributed by atoms with Crippen LogP contribution in [-0.2, 0) is 22.7 Å². The second kappa shape index (κ2) is 10.6. The minimum Gasteiger partial charge on any atom is -0.380 e. The summed E-state index contributed by atoms with van der Waals surface area (Å²) in [6.45, 7) is 7.67. The molecule has 2 aromatic carbocycles. The van der Waals surface area contributed by atoms with E-state index in [1.54, 1.807) is 19.2 Å². The number of rotatable bonds is 5. The molecule has 0 aliphatic carbocycles. The number of amides is 1. The number of hydrogen-bond donors (Lipinski definition) is 1. The van der Waals surface area contributed by atoms with Crippen LogP contribution in [0.3, 0.4) is 0 Å². The molecule has 2 atom stereocenters. The molecule has 1 amide bonds. The number of methoxy groups -OCH3 is 1. The molecule has 168 valence electrons. The van der Waals surface area contributed by atoms with Gasteiger partial charge in [-0.05, 0) is 54.0 Å². The predicted octanol–water partition coefficient (Wildman–Crippen LogP) is 4.56. The first kappa shape index (κ1) is 23.8. The van der Waals surface area contributed by atoms with E-state index in [0.717, 1.165) is 16.7 Å². The quantitative estimate of drug-likeness (QED) is 0.720. The minimum atomic E-state index is -0.122. The number of carbonyl (C=O) groups excluding carboxylic acids is 1. The Kier molecular flexibility index (Phi) is 7.92. The first-order valence-corrected chi connectivity index (χ1v) is 11.2. The van der Waals surface area contributed by atoms with Crippen LogP contribution in [0.15, 0.2) is 54.2 Å². The first-order chi connectivity index (χ1) is 15.5. The highest BCUT2D eigenvalue weighted by atomic mass is 35.5. The van der Waals surface area contributed by atoms with Crippen molar-refractivity contribution in [3.05, 3.63) is 81.5 Å². The number of carbonyl (C=O) groups is 1. The summed E-state index contributed by atoms with van der Waals surface area (Å²) in [7, 11) is 1.65. The lowest BCUT2D eigenvalue weighted by Crippen LogP contribution is -2.55. The molecule has 32 heavy (non-hydrogen) atoms. The number of hydrogen-bond acceptors (Lipinski definition) is 5. The second-order valence-electron chi connectivity index (χ2n) is 7.65. The second-order valence-corrected chi connectivity index (χ2v) is 8.08. The normalized spacial score (nSPS) is 19.6. The van der Waals surface area contributed by atoms with Gasteiger partial charge in [-0.1, -0.05) is 43.6 Å². The third kappa shape index (κ3) is 4.97. The number of piperazine rings is 1. The van der Waals surface area contributed by atoms with Crippen LogP contribution in [0.2, 0.25) is 5.02 Å². The summed E-state index contributed by atoms with van der Waals surface area (Å²) in [4.78, 5) is 15.1. The van der Waals surface area contributed by atoms with Crippen LogP contribution in [0.25, 0.3) is 0 Å². The molecule has 0 bridgehead atoms. The number of nitrogens with one attached hydrogen (secondary N) is 1. The van der Waals surface area contributed by atoms with Gasteiger partial charge in [-0.15, -0.1) is 0 Å². The first-order valence-electron chi connectivity index (χ1n) is 10.8. The van der Waals surface area contributed by atoms with E-state index in [9.17, 15) is 4.79 Å². The zero-order chi connectivity index (χ0) is 23.3. The Labute approximate surface area is 195 Å². The maximum atomic E-state index is 13.2. The van der Waals surface area contributed by atoms with Gasteiger partial charge < -0.3 is 9.64 Å². The minimum absolute atomic E-state index is 0.00489. The van der Waals surface area contributed by atoms with Crippen molar-refractivity contribution in [2.24, 2.45) is 0 Å². The summed E-state index contributed by atoms with van der Waals surface area (Å²) < 4.78 is 5.33. The fourth-order valence-electron chi connectivity index (χ4n) is 4.04. The number of ether oxygens (including phenoxy) is 1. The number of hydrazine groups is 1. The summed E-state index contributed by atoms with van der Waals surface area (Å²) in [6.07, 6.45) is 1.98. The Morgan fingerprint density at radius 1 is 1.22 bits per heavy atom. The molecule has 0 spiro atoms. The SMILES string of the molecule is CC.COCc1cc(Cl)ccc1C1C=C2C(=O)N(Cc3ccc(C#N)cc3)CC(C)N2N1. The largest absolute Gasteiger partial charge is 0.380 e. The van der Waals surface area contributed by atoms with Gasteiger partial charge in [-0.25, -0.2) is 5.43 Å². The molecule has 1 fully saturated rings. The number of nitrogens with zero attached hydrogens (tertiary/aromatic N) is 3. The van der Waals surface area contributed by atoms with Gasteiger partial charge in [0.05, 0.1) is 30.3 Å². The molecular weight excluding hydrogens is 424 g/mol. The molecular formula is C25H29ClN4O2. The molecule has 2 heterocycles. The lowest BCUT2D eigenvalue weighted by atomic mass is 10.0. The average Bonchev–Trinajstić information content (AvgIpc) is 3.26. The third-order valence-electron chi connectivity index (χ3n) is 5.49. The highest BCUT2D eigenvalue weighted by molar-refractivity contribution is 6.30. The summed E-state index contributed by atoms with van der Waals surface area (Å²) in [5.41, 5.74) is 7.78. The van der Waals surface area contributed by atoms with Crippen molar-refractivity contribution in [2.75, 3.05) is 13.7 Å². The van der Waals surface area contributed by atoms with Crippen molar-refractivity contribution in [2.45, 2.75) is 46.0 Å². The van der Waals surface area contributed by atoms with Gasteiger partial charge in [0, 0.05) is 25.2 Å². The molecule has 2 aliphatic rings. The zero-order valence-corrected chi connectivity index (χ0v) is 19.7. The lowest BCUT2D eigenvalue weighted by molar-refractivity contribution is -0.134. The van der Waals surface area contributed by atoms with Crippen LogP contribution < -0.4 is 5.43 Å². The van der Waals surface area contributed by atoms with Gasteiger partial charge in [0.1, 0.15) is 5.70 Å². The van der Waals surface area contributed by atoms with E-state index in [4.69, 9.17) is 21.6 Å². The fraction of sp³-hybridized carbons (Fsp3) is 0.360. The summed E-state index contributed by atoms with van der Waals surface area (Å²) in [5, 5.41) is 11.6. The van der Waals surface area contributed by atoms with E-state index in [-0.39, 0.29) is 18.0 Å². The maximum Gasteiger partial charge on any atom is 0.271 e. The van der Waals surface area contributed by atoms with Crippen LogP contribution in [-0.4, -0.2) is 35.5 Å². The Balaban J connectivity index is 0.00000141. The van der Waals surface area contributed by atoms with E-state index in [1.165, 1.54) is 0 Å². The Morgan fingerprint density at radius 3 is 2.59 bits per heavy atom. The molecule has 6 nitrogen and oxygen atoms in total. The zero-order valence-electron chi connectivity index (χ0n) is 18.9. The van der Waals surface area contributed by atoms with Crippen LogP contribution in [0.5, 0.6) is 0 Å². The van der Waals surface area contributed by atoms with Gasteiger partial charge >= 0.3 is 0 Å². The molecule has 7 heteroatoms. The number of benzene rings is 2. The van der Waals surface area contributed by atoms with Crippen molar-refractivity contribution in [1.82, 2.24) is 15.3 Å². The van der Waals surface area contributed by atoms with Crippen molar-refractivity contribution >= 4 is 17.5 Å². The number of halogens is 1. The van der Waals surface area contributed by atoms with Gasteiger partial charge in [-0.3, -0.25) is 9.80 Å². The predicted molar refractivity (Wildman–Crippen MR) is 125 cm³/mol. The molecule has 0 radical (unpaired) electrons. The van der Waals surface area contributed by atoms with Gasteiger partial charge in [0.15, 0.2) is 0 Å². The molecule has 2 aliphatic heterocycles. The van der Waals surface area contributed by atoms with Crippen molar-refractivity contribution in [3.8, 4) is 6.07 Å². The molecule has 0 saturated carbocycles. The molecule has 1 saturated heterocycles. The molecule has 4 rings (SSSR count). The Bertz CT molecular complexity index is 1030. The number of nitriles is 1. The number of fused-ring (bicyclic) bond motifs is 1. The van der Waals surface area contributed by atoms with Gasteiger partial charge in [-0.2, -0.15) is 5.26 Å². The molecule has 2 aromatic rings. The van der Waals surface area contributed by atoms with Crippen LogP contribution in [0.4, 0.5) is 0 Å². The monoisotopic (exact) mass is 452 g/mol. The molecule has 1 N–H and O–H groups in total. The fourth-order valence-corrected chi connectivity index (χ4v) is 4.23. The van der Waals surface area contributed by atoms with Crippen molar-refractivity contribution in [1.29, 1.82) is 5.26 Å². The van der Waals surface area contributed by atoms with E-state index >= 15 is 0 Å². The van der Waals surface area contributed by atoms with Gasteiger partial charge in [0.25, 0.3) is 5.91 Å². The third-order valence-corrected chi connectivity index (χ3v) is 5.73. The Hall–Kier alpha value is -2.85. The standard InChI is InChI=1S/C23H23ClN4O2.C2H6/c1-15-12-27(13-17-5-3-16(11-25)4-6-17)23(29)22-10-21(26-28(15)22)20-8-7-19(24)9-18(20)14-30-2;1-2/h3-10,15,21,26H,12-14H2,1-2H3;1-2H3. The Morgan fingerprint density at radius 2 is 1.94 bits per heavy atom. The average molecular weight is 453 g/mol. The highest BCUT2D eigenvalue weighted by Gasteiger charge is 2.39. The van der Waals surface area contributed by atoms with Crippen molar-refractivity contribution in [3.63, 3.8) is 0 Å². The lowest BCUT2D eigenvalue weighted by Gasteiger charge is -2.40. The van der Waals surface area contributed by atoms with E-state index in [2.05, 4.69) is 18.4 Å². The molecule has 2 unspecified atom stereocenters. The van der Waals surface area contributed by atoms with Crippen molar-refractivity contribution < 1.29 is 9.53 Å². The summed E-state index contributed by atoms with van der Waals surface area (Å²) in [6, 6.07) is 15.2. The topological polar surface area (TPSA) is 68.6 Å². The van der Waals surface area contributed by atoms with Crippen LogP contribution in [0.1, 0.15) is 49.1 Å². The van der Waals surface area contributed by atoms with Crippen LogP contribution >= 0.6 is 11.6 Å². The summed E-state index contributed by atoms with van der Waals surface area (Å²) in [5.74, 6) is -0.00489. The van der Waals surface area contributed by atoms with Crippen LogP contribution in [0, 0.1) is 11.3 Å². The van der Waals surface area contributed by atoms with E-state index in [0.29, 0.717) is 36.0 Å². The maximum absolute atomic E-state index is 13.2. The summed E-state index contributed by atoms with van der Waals surface area (Å²) >= 11 is 6.16. The van der Waals surface area contributed by atoms with E-state index in [1.807, 2.05) is 60.2 Å². The van der Waals surface area contributed by atoms with E-state index < -0.39 is 0 Å². The van der Waals surface area contributed by atoms with Gasteiger partial charge in [0.2, 0.25) is 0 Å². The smallest absolute Gasteiger partial charge is 0.271 e. The molecule has 0 aromatic heterocycles.